The molecule has 1 rings (SSSR count). The molecule has 0 aliphatic rings. The average molecular weight is 213 g/mol. The molecule has 1 heterocycles. The molecular formula is C10H19N3S. The Morgan fingerprint density at radius 1 is 1.43 bits per heavy atom. The second kappa shape index (κ2) is 5.41. The number of nitrogens with zero attached hydrogens (tertiary/aromatic N) is 2. The van der Waals surface area contributed by atoms with Crippen LogP contribution in [0.2, 0.25) is 0 Å². The van der Waals surface area contributed by atoms with Gasteiger partial charge in [0.25, 0.3) is 0 Å². The number of aryl methyl sites for hydroxylation is 1. The zero-order valence-electron chi connectivity index (χ0n) is 9.37. The molecule has 0 saturated heterocycles. The Labute approximate surface area is 90.1 Å². The first-order chi connectivity index (χ1) is 6.70. The van der Waals surface area contributed by atoms with Crippen LogP contribution in [0.4, 0.5) is 0 Å². The van der Waals surface area contributed by atoms with Crippen molar-refractivity contribution < 1.29 is 0 Å². The second-order valence-corrected chi connectivity index (χ2v) is 4.43. The van der Waals surface area contributed by atoms with Gasteiger partial charge in [-0.3, -0.25) is 0 Å². The summed E-state index contributed by atoms with van der Waals surface area (Å²) in [6, 6.07) is 0.421. The van der Waals surface area contributed by atoms with Crippen molar-refractivity contribution >= 4 is 11.5 Å². The highest BCUT2D eigenvalue weighted by Crippen LogP contribution is 2.28. The summed E-state index contributed by atoms with van der Waals surface area (Å²) in [6.07, 6.45) is 1.18. The topological polar surface area (TPSA) is 37.8 Å². The number of hydrogen-bond donors (Lipinski definition) is 1. The van der Waals surface area contributed by atoms with E-state index in [0.717, 1.165) is 12.2 Å². The minimum Gasteiger partial charge on any atom is -0.309 e. The fourth-order valence-corrected chi connectivity index (χ4v) is 2.38. The smallest absolute Gasteiger partial charge is 0.0772 e. The lowest BCUT2D eigenvalue weighted by molar-refractivity contribution is 0.387. The van der Waals surface area contributed by atoms with E-state index < -0.39 is 0 Å². The maximum absolute atomic E-state index is 4.06. The Morgan fingerprint density at radius 3 is 2.57 bits per heavy atom. The Balaban J connectivity index is 2.82. The van der Waals surface area contributed by atoms with Gasteiger partial charge >= 0.3 is 0 Å². The van der Waals surface area contributed by atoms with Gasteiger partial charge in [-0.05, 0) is 30.9 Å². The van der Waals surface area contributed by atoms with Gasteiger partial charge in [0.1, 0.15) is 0 Å². The molecule has 0 saturated carbocycles. The van der Waals surface area contributed by atoms with E-state index in [1.807, 2.05) is 6.92 Å². The minimum absolute atomic E-state index is 0.421. The lowest BCUT2D eigenvalue weighted by atomic mass is 9.97. The van der Waals surface area contributed by atoms with Gasteiger partial charge in [0.05, 0.1) is 10.6 Å². The molecule has 0 fully saturated rings. The molecule has 0 aliphatic heterocycles. The van der Waals surface area contributed by atoms with E-state index in [9.17, 15) is 0 Å². The molecule has 3 nitrogen and oxygen atoms in total. The zero-order chi connectivity index (χ0) is 10.6. The Morgan fingerprint density at radius 2 is 2.14 bits per heavy atom. The molecule has 0 amide bonds. The summed E-state index contributed by atoms with van der Waals surface area (Å²) in [4.78, 5) is 1.29. The predicted molar refractivity (Wildman–Crippen MR) is 60.5 cm³/mol. The fraction of sp³-hybridized carbons (Fsp3) is 0.800. The SMILES string of the molecule is CCNC(c1snnc1C)C(C)CC. The Hall–Kier alpha value is -0.480. The average Bonchev–Trinajstić information content (AvgIpc) is 2.60. The summed E-state index contributed by atoms with van der Waals surface area (Å²) < 4.78 is 3.99. The van der Waals surface area contributed by atoms with Crippen LogP contribution < -0.4 is 5.32 Å². The first-order valence-electron chi connectivity index (χ1n) is 5.22. The highest BCUT2D eigenvalue weighted by molar-refractivity contribution is 7.05. The molecule has 2 unspecified atom stereocenters. The molecule has 2 atom stereocenters. The number of hydrogen-bond acceptors (Lipinski definition) is 4. The van der Waals surface area contributed by atoms with Crippen molar-refractivity contribution in [1.82, 2.24) is 14.9 Å². The van der Waals surface area contributed by atoms with Crippen molar-refractivity contribution in [3.05, 3.63) is 10.6 Å². The van der Waals surface area contributed by atoms with E-state index in [1.165, 1.54) is 22.8 Å². The van der Waals surface area contributed by atoms with Gasteiger partial charge in [-0.1, -0.05) is 31.7 Å². The first-order valence-corrected chi connectivity index (χ1v) is 6.00. The summed E-state index contributed by atoms with van der Waals surface area (Å²) in [5, 5.41) is 7.57. The molecule has 4 heteroatoms. The highest BCUT2D eigenvalue weighted by atomic mass is 32.1. The molecule has 0 aromatic carbocycles. The van der Waals surface area contributed by atoms with Crippen molar-refractivity contribution in [3.8, 4) is 0 Å². The molecule has 1 aromatic rings. The molecule has 0 bridgehead atoms. The van der Waals surface area contributed by atoms with Crippen molar-refractivity contribution in [2.45, 2.75) is 40.2 Å². The summed E-state index contributed by atoms with van der Waals surface area (Å²) in [7, 11) is 0. The number of nitrogens with one attached hydrogen (secondary N) is 1. The van der Waals surface area contributed by atoms with Crippen molar-refractivity contribution in [3.63, 3.8) is 0 Å². The molecule has 1 N–H and O–H groups in total. The third-order valence-electron chi connectivity index (χ3n) is 2.61. The highest BCUT2D eigenvalue weighted by Gasteiger charge is 2.21. The molecule has 0 spiro atoms. The second-order valence-electron chi connectivity index (χ2n) is 3.64. The first kappa shape index (κ1) is 11.6. The van der Waals surface area contributed by atoms with Crippen LogP contribution in [0.5, 0.6) is 0 Å². The lowest BCUT2D eigenvalue weighted by Gasteiger charge is -2.22. The third-order valence-corrected chi connectivity index (χ3v) is 3.52. The third kappa shape index (κ3) is 2.51. The fourth-order valence-electron chi connectivity index (χ4n) is 1.53. The van der Waals surface area contributed by atoms with Crippen LogP contribution in [-0.2, 0) is 0 Å². The van der Waals surface area contributed by atoms with Crippen LogP contribution in [0, 0.1) is 12.8 Å². The number of aromatic nitrogens is 2. The zero-order valence-corrected chi connectivity index (χ0v) is 10.2. The molecule has 14 heavy (non-hydrogen) atoms. The van der Waals surface area contributed by atoms with Gasteiger partial charge in [-0.15, -0.1) is 5.10 Å². The van der Waals surface area contributed by atoms with Gasteiger partial charge in [0.2, 0.25) is 0 Å². The van der Waals surface area contributed by atoms with Gasteiger partial charge in [-0.25, -0.2) is 0 Å². The van der Waals surface area contributed by atoms with E-state index in [1.54, 1.807) is 0 Å². The molecule has 0 radical (unpaired) electrons. The van der Waals surface area contributed by atoms with Gasteiger partial charge in [0.15, 0.2) is 0 Å². The summed E-state index contributed by atoms with van der Waals surface area (Å²) in [5.41, 5.74) is 1.07. The van der Waals surface area contributed by atoms with Crippen LogP contribution in [-0.4, -0.2) is 16.1 Å². The van der Waals surface area contributed by atoms with Crippen LogP contribution in [0.25, 0.3) is 0 Å². The normalized spacial score (nSPS) is 15.4. The van der Waals surface area contributed by atoms with Crippen molar-refractivity contribution in [2.75, 3.05) is 6.54 Å². The van der Waals surface area contributed by atoms with E-state index in [4.69, 9.17) is 0 Å². The van der Waals surface area contributed by atoms with Crippen LogP contribution in [0.3, 0.4) is 0 Å². The Kier molecular flexibility index (Phi) is 4.48. The molecule has 80 valence electrons. The molecule has 1 aromatic heterocycles. The van der Waals surface area contributed by atoms with Gasteiger partial charge in [0, 0.05) is 6.04 Å². The van der Waals surface area contributed by atoms with Gasteiger partial charge in [-0.2, -0.15) is 0 Å². The summed E-state index contributed by atoms with van der Waals surface area (Å²) >= 11 is 1.52. The van der Waals surface area contributed by atoms with Crippen molar-refractivity contribution in [2.24, 2.45) is 5.92 Å². The maximum atomic E-state index is 4.06. The van der Waals surface area contributed by atoms with E-state index >= 15 is 0 Å². The Bertz CT molecular complexity index is 272. The molecule has 0 aliphatic carbocycles. The van der Waals surface area contributed by atoms with E-state index in [2.05, 4.69) is 35.7 Å². The van der Waals surface area contributed by atoms with E-state index in [0.29, 0.717) is 12.0 Å². The maximum Gasteiger partial charge on any atom is 0.0772 e. The van der Waals surface area contributed by atoms with Crippen molar-refractivity contribution in [1.29, 1.82) is 0 Å². The lowest BCUT2D eigenvalue weighted by Crippen LogP contribution is -2.26. The van der Waals surface area contributed by atoms with Gasteiger partial charge < -0.3 is 5.32 Å². The van der Waals surface area contributed by atoms with Crippen LogP contribution in [0.15, 0.2) is 0 Å². The molecular weight excluding hydrogens is 194 g/mol. The monoisotopic (exact) mass is 213 g/mol. The summed E-state index contributed by atoms with van der Waals surface area (Å²) in [5.74, 6) is 0.635. The number of rotatable bonds is 5. The largest absolute Gasteiger partial charge is 0.309 e. The summed E-state index contributed by atoms with van der Waals surface area (Å²) in [6.45, 7) is 9.66. The predicted octanol–water partition coefficient (Wildman–Crippen LogP) is 2.54. The minimum atomic E-state index is 0.421. The quantitative estimate of drug-likeness (QED) is 0.817. The van der Waals surface area contributed by atoms with E-state index in [-0.39, 0.29) is 0 Å². The standard InChI is InChI=1S/C10H19N3S/c1-5-7(3)9(11-6-2)10-8(4)12-13-14-10/h7,9,11H,5-6H2,1-4H3. The van der Waals surface area contributed by atoms with Crippen LogP contribution in [0.1, 0.15) is 43.8 Å². The van der Waals surface area contributed by atoms with Crippen LogP contribution >= 0.6 is 11.5 Å².